The van der Waals surface area contributed by atoms with Gasteiger partial charge in [-0.25, -0.2) is 0 Å². The van der Waals surface area contributed by atoms with Crippen LogP contribution in [-0.2, 0) is 13.7 Å². The average molecular weight is 233 g/mol. The molecule has 90 valence electrons. The van der Waals surface area contributed by atoms with Crippen LogP contribution in [0.1, 0.15) is 5.69 Å². The molecule has 0 fully saturated rings. The summed E-state index contributed by atoms with van der Waals surface area (Å²) < 4.78 is 12.4. The number of hydrogen-bond donors (Lipinski definition) is 1. The van der Waals surface area contributed by atoms with Crippen molar-refractivity contribution >= 4 is 5.69 Å². The Kier molecular flexibility index (Phi) is 3.18. The number of nitrogen functional groups attached to an aromatic ring is 1. The Balaban J connectivity index is 2.02. The minimum atomic E-state index is 0.397. The van der Waals surface area contributed by atoms with Crippen LogP contribution in [0, 0.1) is 0 Å². The van der Waals surface area contributed by atoms with E-state index in [2.05, 4.69) is 5.10 Å². The highest BCUT2D eigenvalue weighted by Gasteiger charge is 2.05. The van der Waals surface area contributed by atoms with Crippen molar-refractivity contribution in [2.75, 3.05) is 12.8 Å². The van der Waals surface area contributed by atoms with Gasteiger partial charge in [0.15, 0.2) is 0 Å². The molecule has 0 saturated heterocycles. The van der Waals surface area contributed by atoms with Gasteiger partial charge in [0.05, 0.1) is 24.7 Å². The lowest BCUT2D eigenvalue weighted by molar-refractivity contribution is 0.295. The van der Waals surface area contributed by atoms with Crippen LogP contribution in [0.25, 0.3) is 0 Å². The zero-order valence-corrected chi connectivity index (χ0v) is 9.88. The van der Waals surface area contributed by atoms with Crippen molar-refractivity contribution in [2.45, 2.75) is 6.61 Å². The maximum absolute atomic E-state index is 5.77. The molecule has 2 aromatic rings. The van der Waals surface area contributed by atoms with E-state index in [9.17, 15) is 0 Å². The highest BCUT2D eigenvalue weighted by molar-refractivity contribution is 5.40. The van der Waals surface area contributed by atoms with Gasteiger partial charge in [0.25, 0.3) is 0 Å². The molecule has 1 heterocycles. The second-order valence-electron chi connectivity index (χ2n) is 3.63. The van der Waals surface area contributed by atoms with Gasteiger partial charge in [-0.3, -0.25) is 4.68 Å². The molecular weight excluding hydrogens is 218 g/mol. The Bertz CT molecular complexity index is 471. The van der Waals surface area contributed by atoms with Crippen LogP contribution in [0.4, 0.5) is 5.69 Å². The minimum absolute atomic E-state index is 0.397. The fraction of sp³-hybridized carbons (Fsp3) is 0.250. The standard InChI is InChI=1S/C12H15N3O2/c1-15-12(11(13)7-14-15)8-17-10-5-3-9(16-2)4-6-10/h3-7H,8,13H2,1-2H3. The fourth-order valence-electron chi connectivity index (χ4n) is 1.48. The third-order valence-electron chi connectivity index (χ3n) is 2.53. The first-order valence-corrected chi connectivity index (χ1v) is 5.24. The second kappa shape index (κ2) is 4.78. The van der Waals surface area contributed by atoms with E-state index in [4.69, 9.17) is 15.2 Å². The monoisotopic (exact) mass is 233 g/mol. The molecule has 0 aliphatic heterocycles. The summed E-state index contributed by atoms with van der Waals surface area (Å²) in [4.78, 5) is 0. The number of aryl methyl sites for hydroxylation is 1. The SMILES string of the molecule is COc1ccc(OCc2c(N)cnn2C)cc1. The van der Waals surface area contributed by atoms with Crippen LogP contribution in [-0.4, -0.2) is 16.9 Å². The second-order valence-corrected chi connectivity index (χ2v) is 3.63. The Morgan fingerprint density at radius 3 is 2.41 bits per heavy atom. The Hall–Kier alpha value is -2.17. The average Bonchev–Trinajstić information content (AvgIpc) is 2.67. The van der Waals surface area contributed by atoms with Crippen LogP contribution in [0.2, 0.25) is 0 Å². The van der Waals surface area contributed by atoms with Crippen molar-refractivity contribution in [2.24, 2.45) is 7.05 Å². The smallest absolute Gasteiger partial charge is 0.132 e. The van der Waals surface area contributed by atoms with E-state index < -0.39 is 0 Å². The fourth-order valence-corrected chi connectivity index (χ4v) is 1.48. The highest BCUT2D eigenvalue weighted by atomic mass is 16.5. The van der Waals surface area contributed by atoms with E-state index in [-0.39, 0.29) is 0 Å². The van der Waals surface area contributed by atoms with Crippen molar-refractivity contribution in [1.82, 2.24) is 9.78 Å². The number of ether oxygens (including phenoxy) is 2. The van der Waals surface area contributed by atoms with Crippen molar-refractivity contribution < 1.29 is 9.47 Å². The number of methoxy groups -OCH3 is 1. The van der Waals surface area contributed by atoms with Crippen molar-refractivity contribution in [3.63, 3.8) is 0 Å². The summed E-state index contributed by atoms with van der Waals surface area (Å²) >= 11 is 0. The van der Waals surface area contributed by atoms with Gasteiger partial charge in [0, 0.05) is 7.05 Å². The third-order valence-corrected chi connectivity index (χ3v) is 2.53. The molecule has 0 bridgehead atoms. The van der Waals surface area contributed by atoms with Crippen molar-refractivity contribution in [1.29, 1.82) is 0 Å². The van der Waals surface area contributed by atoms with Crippen LogP contribution < -0.4 is 15.2 Å². The summed E-state index contributed by atoms with van der Waals surface area (Å²) in [5, 5.41) is 4.05. The van der Waals surface area contributed by atoms with Crippen molar-refractivity contribution in [3.8, 4) is 11.5 Å². The van der Waals surface area contributed by atoms with Crippen molar-refractivity contribution in [3.05, 3.63) is 36.2 Å². The summed E-state index contributed by atoms with van der Waals surface area (Å²) in [6.45, 7) is 0.397. The predicted octanol–water partition coefficient (Wildman–Crippen LogP) is 1.59. The molecule has 5 nitrogen and oxygen atoms in total. The molecule has 2 rings (SSSR count). The van der Waals surface area contributed by atoms with E-state index in [1.165, 1.54) is 0 Å². The predicted molar refractivity (Wildman–Crippen MR) is 64.9 cm³/mol. The van der Waals surface area contributed by atoms with E-state index in [0.29, 0.717) is 12.3 Å². The number of hydrogen-bond acceptors (Lipinski definition) is 4. The first-order chi connectivity index (χ1) is 8.20. The molecule has 1 aromatic carbocycles. The van der Waals surface area contributed by atoms with E-state index in [1.54, 1.807) is 18.0 Å². The molecule has 17 heavy (non-hydrogen) atoms. The molecule has 0 amide bonds. The van der Waals surface area contributed by atoms with Gasteiger partial charge in [-0.05, 0) is 24.3 Å². The summed E-state index contributed by atoms with van der Waals surface area (Å²) in [5.74, 6) is 1.57. The molecule has 0 aliphatic rings. The number of rotatable bonds is 4. The van der Waals surface area contributed by atoms with Crippen LogP contribution in [0.3, 0.4) is 0 Å². The number of benzene rings is 1. The molecular formula is C12H15N3O2. The largest absolute Gasteiger partial charge is 0.497 e. The van der Waals surface area contributed by atoms with Crippen LogP contribution in [0.5, 0.6) is 11.5 Å². The van der Waals surface area contributed by atoms with Gasteiger partial charge in [0.1, 0.15) is 18.1 Å². The lowest BCUT2D eigenvalue weighted by Gasteiger charge is -2.08. The molecule has 0 atom stereocenters. The van der Waals surface area contributed by atoms with E-state index in [0.717, 1.165) is 17.2 Å². The molecule has 0 saturated carbocycles. The van der Waals surface area contributed by atoms with Gasteiger partial charge < -0.3 is 15.2 Å². The summed E-state index contributed by atoms with van der Waals surface area (Å²) in [6.07, 6.45) is 1.62. The van der Waals surface area contributed by atoms with E-state index >= 15 is 0 Å². The molecule has 2 N–H and O–H groups in total. The lowest BCUT2D eigenvalue weighted by Crippen LogP contribution is -2.05. The maximum Gasteiger partial charge on any atom is 0.132 e. The quantitative estimate of drug-likeness (QED) is 0.871. The highest BCUT2D eigenvalue weighted by Crippen LogP contribution is 2.19. The topological polar surface area (TPSA) is 62.3 Å². The molecule has 5 heteroatoms. The van der Waals surface area contributed by atoms with Gasteiger partial charge in [0.2, 0.25) is 0 Å². The molecule has 1 aromatic heterocycles. The zero-order chi connectivity index (χ0) is 12.3. The molecule has 0 aliphatic carbocycles. The number of nitrogens with zero attached hydrogens (tertiary/aromatic N) is 2. The van der Waals surface area contributed by atoms with Gasteiger partial charge in [-0.1, -0.05) is 0 Å². The minimum Gasteiger partial charge on any atom is -0.497 e. The van der Waals surface area contributed by atoms with Gasteiger partial charge in [-0.2, -0.15) is 5.10 Å². The summed E-state index contributed by atoms with van der Waals surface area (Å²) in [7, 11) is 3.47. The third kappa shape index (κ3) is 2.50. The zero-order valence-electron chi connectivity index (χ0n) is 9.88. The normalized spacial score (nSPS) is 10.2. The molecule has 0 radical (unpaired) electrons. The van der Waals surface area contributed by atoms with Crippen LogP contribution >= 0.6 is 0 Å². The number of aromatic nitrogens is 2. The van der Waals surface area contributed by atoms with E-state index in [1.807, 2.05) is 31.3 Å². The Labute approximate surface area is 99.8 Å². The summed E-state index contributed by atoms with van der Waals surface area (Å²) in [5.41, 5.74) is 7.27. The Morgan fingerprint density at radius 2 is 1.88 bits per heavy atom. The molecule has 0 unspecified atom stereocenters. The number of anilines is 1. The van der Waals surface area contributed by atoms with Gasteiger partial charge in [-0.15, -0.1) is 0 Å². The lowest BCUT2D eigenvalue weighted by atomic mass is 10.3. The summed E-state index contributed by atoms with van der Waals surface area (Å²) in [6, 6.07) is 7.40. The Morgan fingerprint density at radius 1 is 1.24 bits per heavy atom. The maximum atomic E-state index is 5.77. The molecule has 0 spiro atoms. The van der Waals surface area contributed by atoms with Gasteiger partial charge >= 0.3 is 0 Å². The first-order valence-electron chi connectivity index (χ1n) is 5.24. The number of nitrogens with two attached hydrogens (primary N) is 1. The van der Waals surface area contributed by atoms with Crippen LogP contribution in [0.15, 0.2) is 30.5 Å². The first kappa shape index (κ1) is 11.3.